The van der Waals surface area contributed by atoms with Gasteiger partial charge in [-0.1, -0.05) is 44.2 Å². The lowest BCUT2D eigenvalue weighted by molar-refractivity contribution is 0.0733. The molecule has 1 aromatic rings. The van der Waals surface area contributed by atoms with Gasteiger partial charge in [0.15, 0.2) is 16.6 Å². The molecule has 0 spiro atoms. The van der Waals surface area contributed by atoms with Crippen LogP contribution in [-0.4, -0.2) is 43.7 Å². The van der Waals surface area contributed by atoms with Gasteiger partial charge in [0, 0.05) is 0 Å². The van der Waals surface area contributed by atoms with E-state index in [4.69, 9.17) is 13.0 Å². The zero-order valence-corrected chi connectivity index (χ0v) is 26.0. The van der Waals surface area contributed by atoms with Crippen LogP contribution in [0.2, 0.25) is 58.9 Å². The van der Waals surface area contributed by atoms with Crippen LogP contribution in [0.5, 0.6) is 0 Å². The lowest BCUT2D eigenvalue weighted by Crippen LogP contribution is -2.73. The highest BCUT2D eigenvalue weighted by atomic mass is 28.4. The van der Waals surface area contributed by atoms with Gasteiger partial charge in [-0.3, -0.25) is 0 Å². The topological polar surface area (TPSA) is 27.7 Å². The van der Waals surface area contributed by atoms with Crippen molar-refractivity contribution in [2.24, 2.45) is 0 Å². The second-order valence-electron chi connectivity index (χ2n) is 11.6. The maximum atomic E-state index is 7.47. The van der Waals surface area contributed by atoms with Crippen LogP contribution in [-0.2, 0) is 13.0 Å². The molecule has 0 aliphatic rings. The van der Waals surface area contributed by atoms with Crippen LogP contribution in [0.15, 0.2) is 30.3 Å². The van der Waals surface area contributed by atoms with E-state index < -0.39 is 33.3 Å². The predicted molar refractivity (Wildman–Crippen MR) is 143 cm³/mol. The van der Waals surface area contributed by atoms with Gasteiger partial charge in [-0.25, -0.2) is 0 Å². The molecule has 0 amide bonds. The van der Waals surface area contributed by atoms with E-state index in [0.29, 0.717) is 0 Å². The van der Waals surface area contributed by atoms with E-state index >= 15 is 0 Å². The van der Waals surface area contributed by atoms with Crippen LogP contribution < -0.4 is 5.19 Å². The monoisotopic (exact) mass is 484 g/mol. The number of hydrogen-bond donors (Lipinski definition) is 0. The summed E-state index contributed by atoms with van der Waals surface area (Å²) in [7, 11) is -8.18. The molecule has 0 aliphatic carbocycles. The van der Waals surface area contributed by atoms with Crippen molar-refractivity contribution in [3.05, 3.63) is 30.3 Å². The molecule has 0 N–H and O–H groups in total. The maximum absolute atomic E-state index is 7.47. The van der Waals surface area contributed by atoms with E-state index in [0.717, 1.165) is 12.8 Å². The Morgan fingerprint density at radius 3 is 1.50 bits per heavy atom. The Hall–Kier alpha value is -0.0325. The van der Waals surface area contributed by atoms with Gasteiger partial charge >= 0.3 is 0 Å². The molecule has 30 heavy (non-hydrogen) atoms. The van der Waals surface area contributed by atoms with Crippen molar-refractivity contribution in [2.45, 2.75) is 110 Å². The molecule has 0 heterocycles. The first-order valence-corrected chi connectivity index (χ1v) is 23.6. The lowest BCUT2D eigenvalue weighted by Gasteiger charge is -2.54. The quantitative estimate of drug-likeness (QED) is 0.323. The summed E-state index contributed by atoms with van der Waals surface area (Å²) in [5.41, 5.74) is 0. The van der Waals surface area contributed by atoms with Gasteiger partial charge < -0.3 is 13.0 Å². The van der Waals surface area contributed by atoms with E-state index in [2.05, 4.69) is 117 Å². The third kappa shape index (κ3) is 6.49. The molecule has 1 aromatic carbocycles. The van der Waals surface area contributed by atoms with Crippen LogP contribution in [0.4, 0.5) is 0 Å². The number of rotatable bonds is 11. The fourth-order valence-corrected chi connectivity index (χ4v) is 20.5. The second kappa shape index (κ2) is 9.45. The predicted octanol–water partition coefficient (Wildman–Crippen LogP) is 6.81. The first-order chi connectivity index (χ1) is 13.3. The Balaban J connectivity index is 3.63. The van der Waals surface area contributed by atoms with E-state index in [1.807, 2.05) is 0 Å². The molecular weight excluding hydrogens is 437 g/mol. The zero-order chi connectivity index (χ0) is 23.6. The van der Waals surface area contributed by atoms with Crippen LogP contribution in [0, 0.1) is 0 Å². The van der Waals surface area contributed by atoms with E-state index in [1.165, 1.54) is 5.19 Å². The number of benzene rings is 1. The highest BCUT2D eigenvalue weighted by Gasteiger charge is 2.58. The van der Waals surface area contributed by atoms with E-state index in [-0.39, 0.29) is 10.4 Å². The average molecular weight is 485 g/mol. The fourth-order valence-electron chi connectivity index (χ4n) is 4.36. The first kappa shape index (κ1) is 28.0. The van der Waals surface area contributed by atoms with Crippen LogP contribution in [0.1, 0.15) is 40.5 Å². The van der Waals surface area contributed by atoms with E-state index in [9.17, 15) is 0 Å². The summed E-state index contributed by atoms with van der Waals surface area (Å²) in [5.74, 6) is 0. The molecule has 0 aromatic heterocycles. The van der Waals surface area contributed by atoms with E-state index in [1.54, 1.807) is 0 Å². The fraction of sp³-hybridized carbons (Fsp3) is 0.739. The minimum absolute atomic E-state index is 0.288. The minimum Gasteiger partial charge on any atom is -0.454 e. The average Bonchev–Trinajstić information content (AvgIpc) is 2.58. The van der Waals surface area contributed by atoms with Gasteiger partial charge in [0.25, 0.3) is 8.32 Å². The Kier molecular flexibility index (Phi) is 8.82. The molecule has 3 atom stereocenters. The van der Waals surface area contributed by atoms with Crippen LogP contribution >= 0.6 is 0 Å². The van der Waals surface area contributed by atoms with Gasteiger partial charge in [0.05, 0.1) is 10.4 Å². The van der Waals surface area contributed by atoms with Crippen molar-refractivity contribution in [1.82, 2.24) is 0 Å². The first-order valence-electron chi connectivity index (χ1n) is 11.5. The molecule has 0 saturated heterocycles. The molecule has 1 rings (SSSR count). The maximum Gasteiger partial charge on any atom is 0.251 e. The van der Waals surface area contributed by atoms with Crippen molar-refractivity contribution >= 4 is 38.5 Å². The molecule has 0 radical (unpaired) electrons. The molecule has 0 bridgehead atoms. The van der Waals surface area contributed by atoms with Gasteiger partial charge in [0.1, 0.15) is 0 Å². The highest BCUT2D eigenvalue weighted by Crippen LogP contribution is 2.40. The Bertz CT molecular complexity index is 684. The minimum atomic E-state index is -2.55. The lowest BCUT2D eigenvalue weighted by atomic mass is 10.3. The molecule has 0 saturated carbocycles. The molecule has 7 heteroatoms. The summed E-state index contributed by atoms with van der Waals surface area (Å²) in [6.07, 6.45) is 1.88. The zero-order valence-electron chi connectivity index (χ0n) is 22.0. The van der Waals surface area contributed by atoms with Crippen LogP contribution in [0.25, 0.3) is 0 Å². The summed E-state index contributed by atoms with van der Waals surface area (Å²) in [6.45, 7) is 29.9. The number of hydrogen-bond acceptors (Lipinski definition) is 3. The van der Waals surface area contributed by atoms with Gasteiger partial charge in [-0.2, -0.15) is 0 Å². The SMILES string of the molecule is CCC(C)(O[Si](C)(c1ccccc1)C(C)(CC)O[Si](C)(C)C)[Si](C)(C)O[Si](C)(C)C. The van der Waals surface area contributed by atoms with Crippen molar-refractivity contribution < 1.29 is 13.0 Å². The Morgan fingerprint density at radius 2 is 1.13 bits per heavy atom. The molecule has 3 unspecified atom stereocenters. The summed E-state index contributed by atoms with van der Waals surface area (Å²) in [5, 5.41) is 0.715. The second-order valence-corrected chi connectivity index (χ2v) is 29.1. The smallest absolute Gasteiger partial charge is 0.251 e. The van der Waals surface area contributed by atoms with Crippen molar-refractivity contribution in [3.63, 3.8) is 0 Å². The van der Waals surface area contributed by atoms with Gasteiger partial charge in [-0.05, 0) is 90.8 Å². The van der Waals surface area contributed by atoms with Gasteiger partial charge in [0.2, 0.25) is 8.32 Å². The Morgan fingerprint density at radius 1 is 0.667 bits per heavy atom. The van der Waals surface area contributed by atoms with Crippen LogP contribution in [0.3, 0.4) is 0 Å². The molecule has 3 nitrogen and oxygen atoms in total. The molecular formula is C23H48O3Si4. The van der Waals surface area contributed by atoms with Crippen molar-refractivity contribution in [2.75, 3.05) is 0 Å². The summed E-state index contributed by atoms with van der Waals surface area (Å²) < 4.78 is 21.3. The largest absolute Gasteiger partial charge is 0.454 e. The molecule has 0 aliphatic heterocycles. The third-order valence-electron chi connectivity index (χ3n) is 6.48. The van der Waals surface area contributed by atoms with Gasteiger partial charge in [-0.15, -0.1) is 0 Å². The Labute approximate surface area is 191 Å². The molecule has 174 valence electrons. The standard InChI is InChI=1S/C23H48O3Si4/c1-14-22(3,29(11,12)26-28(8,9)10)25-30(13,21-19-17-16-18-20-21)23(4,15-2)24-27(5,6)7/h16-20H,14-15H2,1-13H3. The van der Waals surface area contributed by atoms with Crippen molar-refractivity contribution in [3.8, 4) is 0 Å². The summed E-state index contributed by atoms with van der Waals surface area (Å²) >= 11 is 0. The third-order valence-corrected chi connectivity index (χ3v) is 20.2. The highest BCUT2D eigenvalue weighted by molar-refractivity contribution is 6.91. The summed E-state index contributed by atoms with van der Waals surface area (Å²) in [4.78, 5) is 0. The summed E-state index contributed by atoms with van der Waals surface area (Å²) in [6, 6.07) is 10.9. The van der Waals surface area contributed by atoms with Crippen molar-refractivity contribution in [1.29, 1.82) is 0 Å². The normalized spacial score (nSPS) is 19.6. The molecule has 0 fully saturated rings.